The molecule has 88 valence electrons. The molecule has 0 spiro atoms. The van der Waals surface area contributed by atoms with E-state index in [2.05, 4.69) is 0 Å². The molecule has 4 nitrogen and oxygen atoms in total. The number of halogens is 1. The molecule has 2 saturated heterocycles. The number of piperidine rings is 1. The number of hydrogen-bond acceptors (Lipinski definition) is 2. The monoisotopic (exact) mass is 252 g/mol. The lowest BCUT2D eigenvalue weighted by atomic mass is 10.1. The zero-order valence-electron chi connectivity index (χ0n) is 8.73. The first kappa shape index (κ1) is 11.6. The van der Waals surface area contributed by atoms with Crippen LogP contribution in [0.5, 0.6) is 0 Å². The molecule has 1 atom stereocenters. The van der Waals surface area contributed by atoms with Crippen molar-refractivity contribution in [1.82, 2.24) is 8.61 Å². The first-order valence-corrected chi connectivity index (χ1v) is 7.42. The largest absolute Gasteiger partial charge is 0.282 e. The van der Waals surface area contributed by atoms with E-state index in [0.29, 0.717) is 25.5 Å². The predicted octanol–water partition coefficient (Wildman–Crippen LogP) is 1.03. The smallest absolute Gasteiger partial charge is 0.195 e. The molecule has 0 saturated carbocycles. The fourth-order valence-corrected chi connectivity index (χ4v) is 4.43. The van der Waals surface area contributed by atoms with Gasteiger partial charge in [0.2, 0.25) is 0 Å². The highest BCUT2D eigenvalue weighted by molar-refractivity contribution is 7.86. The van der Waals surface area contributed by atoms with Crippen molar-refractivity contribution < 1.29 is 8.42 Å². The van der Waals surface area contributed by atoms with Gasteiger partial charge < -0.3 is 0 Å². The molecule has 0 radical (unpaired) electrons. The minimum atomic E-state index is -3.20. The van der Waals surface area contributed by atoms with Gasteiger partial charge in [0.05, 0.1) is 0 Å². The Morgan fingerprint density at radius 3 is 2.40 bits per heavy atom. The van der Waals surface area contributed by atoms with Gasteiger partial charge in [-0.05, 0) is 19.3 Å². The van der Waals surface area contributed by atoms with Gasteiger partial charge in [0.15, 0.2) is 0 Å². The van der Waals surface area contributed by atoms with Gasteiger partial charge >= 0.3 is 0 Å². The van der Waals surface area contributed by atoms with Gasteiger partial charge in [0, 0.05) is 31.6 Å². The summed E-state index contributed by atoms with van der Waals surface area (Å²) in [6.07, 6.45) is 3.93. The van der Waals surface area contributed by atoms with Gasteiger partial charge in [-0.3, -0.25) is 0 Å². The summed E-state index contributed by atoms with van der Waals surface area (Å²) in [7, 11) is -3.20. The zero-order chi connectivity index (χ0) is 10.9. The Hall–Kier alpha value is 0.160. The Labute approximate surface area is 96.4 Å². The Morgan fingerprint density at radius 2 is 1.87 bits per heavy atom. The van der Waals surface area contributed by atoms with Crippen molar-refractivity contribution >= 4 is 21.8 Å². The number of rotatable bonds is 3. The summed E-state index contributed by atoms with van der Waals surface area (Å²) in [5.74, 6) is 0.410. The molecule has 0 aromatic rings. The molecule has 0 aromatic heterocycles. The van der Waals surface area contributed by atoms with E-state index in [1.807, 2.05) is 0 Å². The molecule has 2 heterocycles. The van der Waals surface area contributed by atoms with Gasteiger partial charge in [0.25, 0.3) is 10.2 Å². The molecule has 0 aromatic carbocycles. The fraction of sp³-hybridized carbons (Fsp3) is 1.00. The summed E-state index contributed by atoms with van der Waals surface area (Å²) < 4.78 is 27.4. The summed E-state index contributed by atoms with van der Waals surface area (Å²) in [6.45, 7) is 1.98. The molecule has 2 rings (SSSR count). The van der Waals surface area contributed by atoms with E-state index in [1.165, 1.54) is 0 Å². The van der Waals surface area contributed by atoms with Gasteiger partial charge in [-0.15, -0.1) is 11.6 Å². The van der Waals surface area contributed by atoms with E-state index in [4.69, 9.17) is 11.6 Å². The van der Waals surface area contributed by atoms with Crippen LogP contribution in [-0.4, -0.2) is 48.6 Å². The molecule has 2 aliphatic rings. The zero-order valence-corrected chi connectivity index (χ0v) is 10.3. The lowest BCUT2D eigenvalue weighted by Gasteiger charge is -2.40. The molecular weight excluding hydrogens is 236 g/mol. The maximum absolute atomic E-state index is 12.1. The molecule has 15 heavy (non-hydrogen) atoms. The van der Waals surface area contributed by atoms with Crippen LogP contribution in [0.25, 0.3) is 0 Å². The molecule has 0 aliphatic carbocycles. The third-order valence-corrected chi connectivity index (χ3v) is 5.64. The molecular formula is C9H17ClN2O2S. The van der Waals surface area contributed by atoms with E-state index >= 15 is 0 Å². The minimum absolute atomic E-state index is 0.00557. The number of nitrogens with zero attached hydrogens (tertiary/aromatic N) is 2. The van der Waals surface area contributed by atoms with E-state index in [-0.39, 0.29) is 6.04 Å². The Balaban J connectivity index is 2.12. The second-order valence-corrected chi connectivity index (χ2v) is 6.36. The standard InChI is InChI=1S/C9H17ClN2O2S/c10-8-9-4-1-2-7-12(9)15(13,14)11-5-3-6-11/h9H,1-8H2. The number of hydrogen-bond donors (Lipinski definition) is 0. The van der Waals surface area contributed by atoms with E-state index in [1.54, 1.807) is 8.61 Å². The quantitative estimate of drug-likeness (QED) is 0.704. The summed E-state index contributed by atoms with van der Waals surface area (Å²) in [5, 5.41) is 0. The van der Waals surface area contributed by atoms with Crippen molar-refractivity contribution in [3.05, 3.63) is 0 Å². The van der Waals surface area contributed by atoms with Gasteiger partial charge in [-0.2, -0.15) is 17.0 Å². The summed E-state index contributed by atoms with van der Waals surface area (Å²) in [4.78, 5) is 0. The van der Waals surface area contributed by atoms with Crippen molar-refractivity contribution in [3.63, 3.8) is 0 Å². The lowest BCUT2D eigenvalue weighted by molar-refractivity contribution is 0.223. The third kappa shape index (κ3) is 2.16. The van der Waals surface area contributed by atoms with Crippen LogP contribution in [0, 0.1) is 0 Å². The first-order chi connectivity index (χ1) is 7.16. The van der Waals surface area contributed by atoms with Gasteiger partial charge in [-0.1, -0.05) is 6.42 Å². The van der Waals surface area contributed by atoms with Crippen molar-refractivity contribution in [1.29, 1.82) is 0 Å². The van der Waals surface area contributed by atoms with Crippen molar-refractivity contribution in [3.8, 4) is 0 Å². The van der Waals surface area contributed by atoms with Crippen LogP contribution in [-0.2, 0) is 10.2 Å². The van der Waals surface area contributed by atoms with Crippen molar-refractivity contribution in [2.24, 2.45) is 0 Å². The topological polar surface area (TPSA) is 40.6 Å². The molecule has 0 bridgehead atoms. The normalized spacial score (nSPS) is 30.1. The predicted molar refractivity (Wildman–Crippen MR) is 60.2 cm³/mol. The second kappa shape index (κ2) is 4.57. The van der Waals surface area contributed by atoms with E-state index in [0.717, 1.165) is 25.7 Å². The van der Waals surface area contributed by atoms with Gasteiger partial charge in [-0.25, -0.2) is 0 Å². The molecule has 1 unspecified atom stereocenters. The van der Waals surface area contributed by atoms with Crippen LogP contribution in [0.15, 0.2) is 0 Å². The summed E-state index contributed by atoms with van der Waals surface area (Å²) in [5.41, 5.74) is 0. The van der Waals surface area contributed by atoms with Crippen LogP contribution in [0.2, 0.25) is 0 Å². The summed E-state index contributed by atoms with van der Waals surface area (Å²) >= 11 is 5.82. The molecule has 2 fully saturated rings. The van der Waals surface area contributed by atoms with E-state index < -0.39 is 10.2 Å². The van der Waals surface area contributed by atoms with Crippen molar-refractivity contribution in [2.75, 3.05) is 25.5 Å². The highest BCUT2D eigenvalue weighted by Gasteiger charge is 2.38. The second-order valence-electron chi connectivity index (χ2n) is 4.18. The van der Waals surface area contributed by atoms with Crippen molar-refractivity contribution in [2.45, 2.75) is 31.7 Å². The molecule has 0 amide bonds. The number of alkyl halides is 1. The maximum atomic E-state index is 12.1. The molecule has 2 aliphatic heterocycles. The van der Waals surface area contributed by atoms with Crippen LogP contribution in [0.4, 0.5) is 0 Å². The lowest BCUT2D eigenvalue weighted by Crippen LogP contribution is -2.55. The fourth-order valence-electron chi connectivity index (χ4n) is 2.10. The Bertz CT molecular complexity index is 316. The first-order valence-electron chi connectivity index (χ1n) is 5.49. The minimum Gasteiger partial charge on any atom is -0.195 e. The molecule has 6 heteroatoms. The van der Waals surface area contributed by atoms with Crippen LogP contribution < -0.4 is 0 Å². The van der Waals surface area contributed by atoms with E-state index in [9.17, 15) is 8.42 Å². The maximum Gasteiger partial charge on any atom is 0.282 e. The van der Waals surface area contributed by atoms with Crippen LogP contribution >= 0.6 is 11.6 Å². The highest BCUT2D eigenvalue weighted by atomic mass is 35.5. The molecule has 0 N–H and O–H groups in total. The van der Waals surface area contributed by atoms with Crippen LogP contribution in [0.3, 0.4) is 0 Å². The highest BCUT2D eigenvalue weighted by Crippen LogP contribution is 2.25. The average molecular weight is 253 g/mol. The SMILES string of the molecule is O=S(=O)(N1CCC1)N1CCCCC1CCl. The Kier molecular flexibility index (Phi) is 3.55. The summed E-state index contributed by atoms with van der Waals surface area (Å²) in [6, 6.07) is 0.00557. The van der Waals surface area contributed by atoms with Crippen LogP contribution in [0.1, 0.15) is 25.7 Å². The third-order valence-electron chi connectivity index (χ3n) is 3.19. The average Bonchev–Trinajstić information content (AvgIpc) is 2.14. The van der Waals surface area contributed by atoms with Gasteiger partial charge in [0.1, 0.15) is 0 Å². The Morgan fingerprint density at radius 1 is 1.13 bits per heavy atom.